The van der Waals surface area contributed by atoms with E-state index in [2.05, 4.69) is 4.98 Å². The first-order valence-corrected chi connectivity index (χ1v) is 7.87. The van der Waals surface area contributed by atoms with E-state index in [1.165, 1.54) is 29.7 Å². The molecular formula is C18H15N3O6. The molecule has 0 aliphatic rings. The zero-order valence-electron chi connectivity index (χ0n) is 14.5. The number of benzene rings is 1. The number of nitro benzene ring substituents is 1. The number of aromatic nitrogens is 2. The van der Waals surface area contributed by atoms with E-state index in [9.17, 15) is 19.7 Å². The molecule has 0 spiro atoms. The van der Waals surface area contributed by atoms with Gasteiger partial charge in [-0.2, -0.15) is 0 Å². The van der Waals surface area contributed by atoms with Gasteiger partial charge in [-0.25, -0.2) is 9.78 Å². The summed E-state index contributed by atoms with van der Waals surface area (Å²) in [7, 11) is 1.30. The number of esters is 1. The lowest BCUT2D eigenvalue weighted by Gasteiger charge is -2.07. The predicted octanol–water partition coefficient (Wildman–Crippen LogP) is 2.28. The Morgan fingerprint density at radius 2 is 2.04 bits per heavy atom. The molecule has 3 rings (SSSR count). The van der Waals surface area contributed by atoms with E-state index >= 15 is 0 Å². The summed E-state index contributed by atoms with van der Waals surface area (Å²) >= 11 is 0. The quantitative estimate of drug-likeness (QED) is 0.385. The molecule has 0 saturated heterocycles. The SMILES string of the molecule is COc1ccc(C(=O)OCc2cc(=O)n3cc(C)ccc3n2)cc1[N+](=O)[O-]. The molecule has 27 heavy (non-hydrogen) atoms. The number of methoxy groups -OCH3 is 1. The van der Waals surface area contributed by atoms with Crippen LogP contribution in [0.5, 0.6) is 5.75 Å². The van der Waals surface area contributed by atoms with Crippen LogP contribution in [0.1, 0.15) is 21.6 Å². The van der Waals surface area contributed by atoms with Crippen LogP contribution in [0.3, 0.4) is 0 Å². The van der Waals surface area contributed by atoms with Crippen LogP contribution in [0.25, 0.3) is 5.65 Å². The number of hydrogen-bond acceptors (Lipinski definition) is 7. The third kappa shape index (κ3) is 3.76. The number of carbonyl (C=O) groups excluding carboxylic acids is 1. The van der Waals surface area contributed by atoms with Gasteiger partial charge in [0.1, 0.15) is 12.3 Å². The average Bonchev–Trinajstić information content (AvgIpc) is 2.66. The van der Waals surface area contributed by atoms with Gasteiger partial charge in [0, 0.05) is 18.3 Å². The van der Waals surface area contributed by atoms with Gasteiger partial charge >= 0.3 is 11.7 Å². The minimum absolute atomic E-state index is 0.00404. The van der Waals surface area contributed by atoms with Gasteiger partial charge in [-0.05, 0) is 30.7 Å². The Morgan fingerprint density at radius 1 is 1.26 bits per heavy atom. The Bertz CT molecular complexity index is 1110. The number of carbonyl (C=O) groups is 1. The van der Waals surface area contributed by atoms with E-state index in [1.807, 2.05) is 13.0 Å². The topological polar surface area (TPSA) is 113 Å². The fraction of sp³-hybridized carbons (Fsp3) is 0.167. The monoisotopic (exact) mass is 369 g/mol. The normalized spacial score (nSPS) is 10.6. The number of pyridine rings is 1. The minimum atomic E-state index is -0.772. The lowest BCUT2D eigenvalue weighted by atomic mass is 10.2. The highest BCUT2D eigenvalue weighted by Crippen LogP contribution is 2.27. The average molecular weight is 369 g/mol. The van der Waals surface area contributed by atoms with Crippen molar-refractivity contribution in [3.8, 4) is 5.75 Å². The molecule has 138 valence electrons. The number of rotatable bonds is 5. The molecule has 3 aromatic rings. The van der Waals surface area contributed by atoms with Gasteiger partial charge in [0.25, 0.3) is 5.56 Å². The van der Waals surface area contributed by atoms with Crippen molar-refractivity contribution in [3.05, 3.63) is 79.9 Å². The van der Waals surface area contributed by atoms with Crippen LogP contribution in [0, 0.1) is 17.0 Å². The second kappa shape index (κ2) is 7.24. The molecule has 0 saturated carbocycles. The summed E-state index contributed by atoms with van der Waals surface area (Å²) in [5.41, 5.74) is 0.973. The summed E-state index contributed by atoms with van der Waals surface area (Å²) in [4.78, 5) is 39.0. The molecule has 2 heterocycles. The van der Waals surface area contributed by atoms with E-state index in [0.717, 1.165) is 11.6 Å². The standard InChI is InChI=1S/C18H15N3O6/c1-11-3-6-16-19-13(8-17(22)20(16)9-11)10-27-18(23)12-4-5-15(26-2)14(7-12)21(24)25/h3-9H,10H2,1-2H3. The molecule has 0 unspecified atom stereocenters. The Balaban J connectivity index is 1.81. The highest BCUT2D eigenvalue weighted by molar-refractivity contribution is 5.90. The van der Waals surface area contributed by atoms with E-state index in [-0.39, 0.29) is 34.9 Å². The van der Waals surface area contributed by atoms with E-state index in [0.29, 0.717) is 5.65 Å². The number of nitro groups is 1. The minimum Gasteiger partial charge on any atom is -0.490 e. The molecule has 0 aliphatic carbocycles. The van der Waals surface area contributed by atoms with Crippen molar-refractivity contribution < 1.29 is 19.2 Å². The Hall–Kier alpha value is -3.75. The molecular weight excluding hydrogens is 354 g/mol. The van der Waals surface area contributed by atoms with Crippen LogP contribution >= 0.6 is 0 Å². The van der Waals surface area contributed by atoms with Gasteiger partial charge in [-0.1, -0.05) is 6.07 Å². The van der Waals surface area contributed by atoms with Crippen LogP contribution in [0.15, 0.2) is 47.4 Å². The molecule has 2 aromatic heterocycles. The summed E-state index contributed by atoms with van der Waals surface area (Å²) < 4.78 is 11.4. The maximum atomic E-state index is 12.2. The molecule has 9 heteroatoms. The summed E-state index contributed by atoms with van der Waals surface area (Å²) in [6.45, 7) is 1.62. The number of aryl methyl sites for hydroxylation is 1. The lowest BCUT2D eigenvalue weighted by molar-refractivity contribution is -0.385. The van der Waals surface area contributed by atoms with Crippen molar-refractivity contribution in [2.75, 3.05) is 7.11 Å². The number of hydrogen-bond donors (Lipinski definition) is 0. The maximum absolute atomic E-state index is 12.2. The van der Waals surface area contributed by atoms with Crippen molar-refractivity contribution in [3.63, 3.8) is 0 Å². The van der Waals surface area contributed by atoms with Gasteiger partial charge in [0.05, 0.1) is 23.3 Å². The molecule has 0 aliphatic heterocycles. The predicted molar refractivity (Wildman–Crippen MR) is 95.0 cm³/mol. The fourth-order valence-corrected chi connectivity index (χ4v) is 2.51. The first-order valence-electron chi connectivity index (χ1n) is 7.87. The van der Waals surface area contributed by atoms with Crippen LogP contribution < -0.4 is 10.3 Å². The van der Waals surface area contributed by atoms with Gasteiger partial charge < -0.3 is 9.47 Å². The van der Waals surface area contributed by atoms with Gasteiger partial charge in [-0.15, -0.1) is 0 Å². The van der Waals surface area contributed by atoms with Gasteiger partial charge in [-0.3, -0.25) is 19.3 Å². The number of ether oxygens (including phenoxy) is 2. The first kappa shape index (κ1) is 18.1. The second-order valence-electron chi connectivity index (χ2n) is 5.74. The molecule has 0 amide bonds. The van der Waals surface area contributed by atoms with Crippen LogP contribution in [0.2, 0.25) is 0 Å². The molecule has 0 bridgehead atoms. The smallest absolute Gasteiger partial charge is 0.338 e. The van der Waals surface area contributed by atoms with E-state index in [1.54, 1.807) is 12.3 Å². The highest BCUT2D eigenvalue weighted by Gasteiger charge is 2.19. The van der Waals surface area contributed by atoms with Crippen molar-refractivity contribution in [1.29, 1.82) is 0 Å². The fourth-order valence-electron chi connectivity index (χ4n) is 2.51. The lowest BCUT2D eigenvalue weighted by Crippen LogP contribution is -2.17. The van der Waals surface area contributed by atoms with Crippen LogP contribution in [-0.2, 0) is 11.3 Å². The number of nitrogens with zero attached hydrogens (tertiary/aromatic N) is 3. The summed E-state index contributed by atoms with van der Waals surface area (Å²) in [5, 5.41) is 11.0. The van der Waals surface area contributed by atoms with Crippen LogP contribution in [0.4, 0.5) is 5.69 Å². The van der Waals surface area contributed by atoms with Crippen molar-refractivity contribution in [1.82, 2.24) is 9.38 Å². The highest BCUT2D eigenvalue weighted by atomic mass is 16.6. The number of fused-ring (bicyclic) bond motifs is 1. The van der Waals surface area contributed by atoms with Crippen molar-refractivity contribution in [2.24, 2.45) is 0 Å². The van der Waals surface area contributed by atoms with E-state index in [4.69, 9.17) is 9.47 Å². The van der Waals surface area contributed by atoms with Gasteiger partial charge in [0.15, 0.2) is 5.75 Å². The zero-order valence-corrected chi connectivity index (χ0v) is 14.5. The Morgan fingerprint density at radius 3 is 2.74 bits per heavy atom. The molecule has 1 aromatic carbocycles. The Labute approximate surface area is 152 Å². The van der Waals surface area contributed by atoms with Crippen LogP contribution in [-0.4, -0.2) is 27.4 Å². The van der Waals surface area contributed by atoms with Crippen molar-refractivity contribution in [2.45, 2.75) is 13.5 Å². The Kier molecular flexibility index (Phi) is 4.84. The maximum Gasteiger partial charge on any atom is 0.338 e. The van der Waals surface area contributed by atoms with Crippen molar-refractivity contribution >= 4 is 17.3 Å². The molecule has 0 atom stereocenters. The summed E-state index contributed by atoms with van der Waals surface area (Å²) in [6, 6.07) is 8.53. The van der Waals surface area contributed by atoms with E-state index < -0.39 is 10.9 Å². The molecule has 9 nitrogen and oxygen atoms in total. The zero-order chi connectivity index (χ0) is 19.6. The first-order chi connectivity index (χ1) is 12.9. The third-order valence-electron chi connectivity index (χ3n) is 3.82. The molecule has 0 N–H and O–H groups in total. The molecule has 0 radical (unpaired) electrons. The molecule has 0 fully saturated rings. The second-order valence-corrected chi connectivity index (χ2v) is 5.74. The summed E-state index contributed by atoms with van der Waals surface area (Å²) in [6.07, 6.45) is 1.66. The van der Waals surface area contributed by atoms with Gasteiger partial charge in [0.2, 0.25) is 0 Å². The largest absolute Gasteiger partial charge is 0.490 e. The third-order valence-corrected chi connectivity index (χ3v) is 3.82. The summed E-state index contributed by atoms with van der Waals surface area (Å²) in [5.74, 6) is -0.734.